The van der Waals surface area contributed by atoms with Crippen molar-refractivity contribution in [1.82, 2.24) is 14.4 Å². The number of benzene rings is 1. The minimum atomic E-state index is -0.851. The number of aromatic amines is 1. The van der Waals surface area contributed by atoms with Crippen molar-refractivity contribution in [2.45, 2.75) is 20.3 Å². The van der Waals surface area contributed by atoms with Gasteiger partial charge in [-0.1, -0.05) is 6.07 Å². The largest absolute Gasteiger partial charge is 0.481 e. The lowest BCUT2D eigenvalue weighted by Gasteiger charge is -1.99. The van der Waals surface area contributed by atoms with Gasteiger partial charge in [-0.25, -0.2) is 4.98 Å². The first-order chi connectivity index (χ1) is 8.56. The van der Waals surface area contributed by atoms with Crippen molar-refractivity contribution in [2.75, 3.05) is 0 Å². The second-order valence-electron chi connectivity index (χ2n) is 4.53. The number of fused-ring (bicyclic) bond motifs is 3. The lowest BCUT2D eigenvalue weighted by molar-refractivity contribution is -0.136. The Labute approximate surface area is 103 Å². The molecule has 0 amide bonds. The van der Waals surface area contributed by atoms with Gasteiger partial charge in [0.15, 0.2) is 0 Å². The lowest BCUT2D eigenvalue weighted by Crippen LogP contribution is -1.99. The first-order valence-electron chi connectivity index (χ1n) is 5.74. The van der Waals surface area contributed by atoms with Gasteiger partial charge in [0.25, 0.3) is 0 Å². The molecule has 2 aromatic heterocycles. The van der Waals surface area contributed by atoms with E-state index in [1.165, 1.54) is 5.56 Å². The van der Waals surface area contributed by atoms with Crippen LogP contribution in [0.25, 0.3) is 16.8 Å². The van der Waals surface area contributed by atoms with Crippen molar-refractivity contribution < 1.29 is 9.90 Å². The molecule has 1 aromatic carbocycles. The number of carbonyl (C=O) groups is 1. The topological polar surface area (TPSA) is 70.4 Å². The normalized spacial score (nSPS) is 11.4. The summed E-state index contributed by atoms with van der Waals surface area (Å²) in [5.41, 5.74) is 4.98. The molecule has 18 heavy (non-hydrogen) atoms. The monoisotopic (exact) mass is 243 g/mol. The van der Waals surface area contributed by atoms with Gasteiger partial charge in [-0.05, 0) is 31.0 Å². The predicted octanol–water partition coefficient (Wildman–Crippen LogP) is 2.06. The molecule has 0 saturated heterocycles. The maximum absolute atomic E-state index is 10.7. The molecule has 0 bridgehead atoms. The molecule has 0 aliphatic carbocycles. The standard InChI is InChI=1S/C13H13N3O2/c1-7-3-4-10-12(8(7)2)15-13-14-9(5-11(17)18)6-16(10)13/h3-4,6H,5H2,1-2H3,(H,14,15)(H,17,18). The summed E-state index contributed by atoms with van der Waals surface area (Å²) in [6, 6.07) is 4.06. The van der Waals surface area contributed by atoms with Crippen molar-refractivity contribution in [3.63, 3.8) is 0 Å². The number of aromatic nitrogens is 3. The summed E-state index contributed by atoms with van der Waals surface area (Å²) >= 11 is 0. The second-order valence-corrected chi connectivity index (χ2v) is 4.53. The van der Waals surface area contributed by atoms with Crippen LogP contribution in [0.15, 0.2) is 18.3 Å². The molecule has 3 aromatic rings. The number of hydrogen-bond donors (Lipinski definition) is 2. The molecule has 0 saturated carbocycles. The van der Waals surface area contributed by atoms with Crippen LogP contribution < -0.4 is 0 Å². The van der Waals surface area contributed by atoms with E-state index in [1.54, 1.807) is 6.20 Å². The number of rotatable bonds is 2. The Morgan fingerprint density at radius 1 is 1.44 bits per heavy atom. The zero-order chi connectivity index (χ0) is 12.9. The van der Waals surface area contributed by atoms with Gasteiger partial charge < -0.3 is 10.1 Å². The fourth-order valence-electron chi connectivity index (χ4n) is 2.20. The smallest absolute Gasteiger partial charge is 0.309 e. The highest BCUT2D eigenvalue weighted by atomic mass is 16.4. The van der Waals surface area contributed by atoms with E-state index in [2.05, 4.69) is 23.0 Å². The Morgan fingerprint density at radius 3 is 2.94 bits per heavy atom. The molecule has 0 unspecified atom stereocenters. The van der Waals surface area contributed by atoms with Crippen LogP contribution in [0.3, 0.4) is 0 Å². The van der Waals surface area contributed by atoms with Gasteiger partial charge >= 0.3 is 5.97 Å². The number of nitrogens with zero attached hydrogens (tertiary/aromatic N) is 2. The van der Waals surface area contributed by atoms with E-state index < -0.39 is 5.97 Å². The van der Waals surface area contributed by atoms with Gasteiger partial charge in [-0.3, -0.25) is 9.20 Å². The van der Waals surface area contributed by atoms with Gasteiger partial charge in [0, 0.05) is 11.9 Å². The third kappa shape index (κ3) is 1.48. The summed E-state index contributed by atoms with van der Waals surface area (Å²) in [5, 5.41) is 8.77. The van der Waals surface area contributed by atoms with E-state index in [4.69, 9.17) is 5.11 Å². The molecule has 0 atom stereocenters. The fraction of sp³-hybridized carbons (Fsp3) is 0.231. The van der Waals surface area contributed by atoms with Crippen LogP contribution in [0, 0.1) is 13.8 Å². The SMILES string of the molecule is Cc1ccc2c(nc3[nH]c(CC(=O)O)cn32)c1C. The Balaban J connectivity index is 2.25. The van der Waals surface area contributed by atoms with E-state index in [0.717, 1.165) is 16.6 Å². The van der Waals surface area contributed by atoms with Crippen molar-refractivity contribution in [3.05, 3.63) is 35.2 Å². The van der Waals surface area contributed by atoms with Gasteiger partial charge in [-0.15, -0.1) is 0 Å². The Bertz CT molecular complexity index is 767. The van der Waals surface area contributed by atoms with Gasteiger partial charge in [0.2, 0.25) is 5.78 Å². The number of aryl methyl sites for hydroxylation is 2. The predicted molar refractivity (Wildman–Crippen MR) is 67.9 cm³/mol. The fourth-order valence-corrected chi connectivity index (χ4v) is 2.20. The highest BCUT2D eigenvalue weighted by Gasteiger charge is 2.12. The molecule has 5 heteroatoms. The van der Waals surface area contributed by atoms with E-state index in [9.17, 15) is 4.79 Å². The maximum atomic E-state index is 10.7. The molecular weight excluding hydrogens is 230 g/mol. The second kappa shape index (κ2) is 3.60. The number of H-pyrrole nitrogens is 1. The van der Waals surface area contributed by atoms with E-state index in [-0.39, 0.29) is 6.42 Å². The van der Waals surface area contributed by atoms with Crippen LogP contribution in [0.2, 0.25) is 0 Å². The maximum Gasteiger partial charge on any atom is 0.309 e. The molecule has 0 aliphatic heterocycles. The number of imidazole rings is 2. The summed E-state index contributed by atoms with van der Waals surface area (Å²) < 4.78 is 1.90. The zero-order valence-corrected chi connectivity index (χ0v) is 10.2. The summed E-state index contributed by atoms with van der Waals surface area (Å²) in [4.78, 5) is 18.2. The number of aliphatic carboxylic acids is 1. The summed E-state index contributed by atoms with van der Waals surface area (Å²) in [6.07, 6.45) is 1.78. The van der Waals surface area contributed by atoms with Crippen LogP contribution in [0.4, 0.5) is 0 Å². The van der Waals surface area contributed by atoms with Crippen LogP contribution in [0.5, 0.6) is 0 Å². The molecule has 5 nitrogen and oxygen atoms in total. The average molecular weight is 243 g/mol. The lowest BCUT2D eigenvalue weighted by atomic mass is 10.1. The minimum Gasteiger partial charge on any atom is -0.481 e. The summed E-state index contributed by atoms with van der Waals surface area (Å²) in [5.74, 6) is -0.161. The van der Waals surface area contributed by atoms with Gasteiger partial charge in [0.1, 0.15) is 0 Å². The molecule has 2 heterocycles. The van der Waals surface area contributed by atoms with Crippen molar-refractivity contribution in [2.24, 2.45) is 0 Å². The third-order valence-corrected chi connectivity index (χ3v) is 3.28. The molecule has 2 N–H and O–H groups in total. The molecule has 3 rings (SSSR count). The van der Waals surface area contributed by atoms with E-state index >= 15 is 0 Å². The Morgan fingerprint density at radius 2 is 2.22 bits per heavy atom. The molecule has 0 aliphatic rings. The van der Waals surface area contributed by atoms with Crippen LogP contribution in [0.1, 0.15) is 16.8 Å². The van der Waals surface area contributed by atoms with Gasteiger partial charge in [-0.2, -0.15) is 0 Å². The summed E-state index contributed by atoms with van der Waals surface area (Å²) in [6.45, 7) is 4.10. The van der Waals surface area contributed by atoms with Crippen molar-refractivity contribution >= 4 is 22.8 Å². The number of carboxylic acid groups (broad SMARTS) is 1. The zero-order valence-electron chi connectivity index (χ0n) is 10.2. The third-order valence-electron chi connectivity index (χ3n) is 3.28. The van der Waals surface area contributed by atoms with Gasteiger partial charge in [0.05, 0.1) is 17.5 Å². The molecule has 92 valence electrons. The molecule has 0 radical (unpaired) electrons. The highest BCUT2D eigenvalue weighted by Crippen LogP contribution is 2.22. The Kier molecular flexibility index (Phi) is 2.16. The first-order valence-corrected chi connectivity index (χ1v) is 5.74. The number of carboxylic acids is 1. The van der Waals surface area contributed by atoms with E-state index in [0.29, 0.717) is 11.5 Å². The number of hydrogen-bond acceptors (Lipinski definition) is 2. The van der Waals surface area contributed by atoms with E-state index in [1.807, 2.05) is 17.4 Å². The highest BCUT2D eigenvalue weighted by molar-refractivity contribution is 5.84. The summed E-state index contributed by atoms with van der Waals surface area (Å²) in [7, 11) is 0. The first kappa shape index (κ1) is 10.8. The minimum absolute atomic E-state index is 0.0182. The van der Waals surface area contributed by atoms with Crippen LogP contribution in [-0.4, -0.2) is 25.4 Å². The molecule has 0 fully saturated rings. The molecular formula is C13H13N3O2. The van der Waals surface area contributed by atoms with Crippen molar-refractivity contribution in [3.8, 4) is 0 Å². The van der Waals surface area contributed by atoms with Crippen LogP contribution in [-0.2, 0) is 11.2 Å². The number of nitrogens with one attached hydrogen (secondary N) is 1. The Hall–Kier alpha value is -2.30. The van der Waals surface area contributed by atoms with Crippen LogP contribution >= 0.6 is 0 Å². The quantitative estimate of drug-likeness (QED) is 0.723. The molecule has 0 spiro atoms. The average Bonchev–Trinajstić information content (AvgIpc) is 2.80. The van der Waals surface area contributed by atoms with Crippen molar-refractivity contribution in [1.29, 1.82) is 0 Å².